The number of likely N-dealkylation sites (tertiary alicyclic amines) is 1. The Morgan fingerprint density at radius 2 is 1.80 bits per heavy atom. The molecule has 0 atom stereocenters. The maximum Gasteiger partial charge on any atom is 0.137 e. The Bertz CT molecular complexity index is 473. The number of rotatable bonds is 2. The fourth-order valence-electron chi connectivity index (χ4n) is 2.31. The summed E-state index contributed by atoms with van der Waals surface area (Å²) < 4.78 is 0. The second kappa shape index (κ2) is 5.86. The van der Waals surface area contributed by atoms with Gasteiger partial charge in [0, 0.05) is 17.0 Å². The molecule has 2 rings (SSSR count). The van der Waals surface area contributed by atoms with E-state index in [1.54, 1.807) is 0 Å². The van der Waals surface area contributed by atoms with E-state index in [0.717, 1.165) is 43.1 Å². The second-order valence-electron chi connectivity index (χ2n) is 6.78. The molecule has 0 unspecified atom stereocenters. The van der Waals surface area contributed by atoms with Crippen molar-refractivity contribution >= 4 is 17.4 Å². The predicted molar refractivity (Wildman–Crippen MR) is 84.6 cm³/mol. The van der Waals surface area contributed by atoms with E-state index < -0.39 is 0 Å². The third-order valence-corrected chi connectivity index (χ3v) is 4.18. The van der Waals surface area contributed by atoms with Crippen LogP contribution in [0.5, 0.6) is 0 Å². The smallest absolute Gasteiger partial charge is 0.137 e. The van der Waals surface area contributed by atoms with Crippen LogP contribution in [0.2, 0.25) is 5.15 Å². The van der Waals surface area contributed by atoms with E-state index in [-0.39, 0.29) is 5.41 Å². The van der Waals surface area contributed by atoms with Crippen LogP contribution >= 0.6 is 11.6 Å². The van der Waals surface area contributed by atoms with Gasteiger partial charge in [0.2, 0.25) is 0 Å². The SMILES string of the molecule is Cc1c(Cl)nc(C(C)(C)C)nc1NC1CCN(C)CC1. The standard InChI is InChI=1S/C15H25ClN4/c1-10-12(16)18-14(15(2,3)4)19-13(10)17-11-6-8-20(5)9-7-11/h11H,6-9H2,1-5H3,(H,17,18,19). The molecule has 20 heavy (non-hydrogen) atoms. The van der Waals surface area contributed by atoms with E-state index in [0.29, 0.717) is 11.2 Å². The molecule has 0 spiro atoms. The molecule has 5 heteroatoms. The van der Waals surface area contributed by atoms with E-state index in [9.17, 15) is 0 Å². The Kier molecular flexibility index (Phi) is 4.55. The van der Waals surface area contributed by atoms with Crippen molar-refractivity contribution in [2.24, 2.45) is 0 Å². The first-order chi connectivity index (χ1) is 9.27. The van der Waals surface area contributed by atoms with Crippen molar-refractivity contribution < 1.29 is 0 Å². The minimum atomic E-state index is -0.0967. The van der Waals surface area contributed by atoms with Gasteiger partial charge in [-0.05, 0) is 39.9 Å². The van der Waals surface area contributed by atoms with Crippen LogP contribution in [-0.4, -0.2) is 41.0 Å². The summed E-state index contributed by atoms with van der Waals surface area (Å²) in [6.07, 6.45) is 2.28. The van der Waals surface area contributed by atoms with Gasteiger partial charge in [0.1, 0.15) is 16.8 Å². The third kappa shape index (κ3) is 3.61. The van der Waals surface area contributed by atoms with Crippen LogP contribution in [0.25, 0.3) is 0 Å². The first-order valence-corrected chi connectivity index (χ1v) is 7.65. The first kappa shape index (κ1) is 15.5. The molecule has 0 bridgehead atoms. The maximum absolute atomic E-state index is 6.27. The topological polar surface area (TPSA) is 41.1 Å². The van der Waals surface area contributed by atoms with Crippen molar-refractivity contribution in [3.8, 4) is 0 Å². The fourth-order valence-corrected chi connectivity index (χ4v) is 2.48. The molecule has 4 nitrogen and oxygen atoms in total. The van der Waals surface area contributed by atoms with Crippen LogP contribution in [0.1, 0.15) is 45.0 Å². The molecule has 1 aliphatic heterocycles. The summed E-state index contributed by atoms with van der Waals surface area (Å²) >= 11 is 6.27. The average molecular weight is 297 g/mol. The highest BCUT2D eigenvalue weighted by atomic mass is 35.5. The summed E-state index contributed by atoms with van der Waals surface area (Å²) in [5.74, 6) is 1.69. The molecule has 1 saturated heterocycles. The molecular weight excluding hydrogens is 272 g/mol. The summed E-state index contributed by atoms with van der Waals surface area (Å²) in [6.45, 7) is 10.5. The monoisotopic (exact) mass is 296 g/mol. The number of halogens is 1. The van der Waals surface area contributed by atoms with Gasteiger partial charge >= 0.3 is 0 Å². The summed E-state index contributed by atoms with van der Waals surface area (Å²) in [5.41, 5.74) is 0.846. The molecule has 2 heterocycles. The summed E-state index contributed by atoms with van der Waals surface area (Å²) in [6, 6.07) is 0.476. The van der Waals surface area contributed by atoms with E-state index >= 15 is 0 Å². The Labute approximate surface area is 126 Å². The Balaban J connectivity index is 2.20. The highest BCUT2D eigenvalue weighted by molar-refractivity contribution is 6.30. The lowest BCUT2D eigenvalue weighted by atomic mass is 9.95. The summed E-state index contributed by atoms with van der Waals surface area (Å²) in [7, 11) is 2.17. The third-order valence-electron chi connectivity index (χ3n) is 3.82. The number of aromatic nitrogens is 2. The van der Waals surface area contributed by atoms with Crippen LogP contribution < -0.4 is 5.32 Å². The van der Waals surface area contributed by atoms with Crippen molar-refractivity contribution in [3.63, 3.8) is 0 Å². The molecule has 0 saturated carbocycles. The van der Waals surface area contributed by atoms with Crippen LogP contribution in [0, 0.1) is 6.92 Å². The van der Waals surface area contributed by atoms with Crippen LogP contribution in [0.3, 0.4) is 0 Å². The van der Waals surface area contributed by atoms with E-state index in [4.69, 9.17) is 16.6 Å². The summed E-state index contributed by atoms with van der Waals surface area (Å²) in [5, 5.41) is 4.12. The molecule has 0 aliphatic carbocycles. The largest absolute Gasteiger partial charge is 0.367 e. The molecule has 0 radical (unpaired) electrons. The van der Waals surface area contributed by atoms with Crippen LogP contribution in [0.4, 0.5) is 5.82 Å². The number of hydrogen-bond donors (Lipinski definition) is 1. The number of hydrogen-bond acceptors (Lipinski definition) is 4. The van der Waals surface area contributed by atoms with Gasteiger partial charge in [0.15, 0.2) is 0 Å². The normalized spacial score (nSPS) is 18.3. The van der Waals surface area contributed by atoms with Gasteiger partial charge in [0.25, 0.3) is 0 Å². The lowest BCUT2D eigenvalue weighted by Crippen LogP contribution is -2.37. The van der Waals surface area contributed by atoms with E-state index in [1.165, 1.54) is 0 Å². The molecule has 1 aliphatic rings. The highest BCUT2D eigenvalue weighted by Crippen LogP contribution is 2.27. The van der Waals surface area contributed by atoms with E-state index in [1.807, 2.05) is 6.92 Å². The average Bonchev–Trinajstić information content (AvgIpc) is 2.36. The van der Waals surface area contributed by atoms with Gasteiger partial charge in [-0.3, -0.25) is 0 Å². The molecule has 0 amide bonds. The lowest BCUT2D eigenvalue weighted by Gasteiger charge is -2.30. The van der Waals surface area contributed by atoms with Crippen molar-refractivity contribution in [1.29, 1.82) is 0 Å². The van der Waals surface area contributed by atoms with Crippen LogP contribution in [0.15, 0.2) is 0 Å². The molecule has 1 N–H and O–H groups in total. The van der Waals surface area contributed by atoms with Crippen molar-refractivity contribution in [2.45, 2.75) is 52.0 Å². The molecular formula is C15H25ClN4. The maximum atomic E-state index is 6.27. The highest BCUT2D eigenvalue weighted by Gasteiger charge is 2.23. The van der Waals surface area contributed by atoms with Crippen LogP contribution in [-0.2, 0) is 5.41 Å². The van der Waals surface area contributed by atoms with Gasteiger partial charge < -0.3 is 10.2 Å². The van der Waals surface area contributed by atoms with Gasteiger partial charge in [0.05, 0.1) is 0 Å². The Morgan fingerprint density at radius 3 is 2.35 bits per heavy atom. The first-order valence-electron chi connectivity index (χ1n) is 7.27. The fraction of sp³-hybridized carbons (Fsp3) is 0.733. The molecule has 1 aromatic heterocycles. The minimum Gasteiger partial charge on any atom is -0.367 e. The number of nitrogens with one attached hydrogen (secondary N) is 1. The van der Waals surface area contributed by atoms with Gasteiger partial charge in [-0.15, -0.1) is 0 Å². The second-order valence-corrected chi connectivity index (χ2v) is 7.14. The summed E-state index contributed by atoms with van der Waals surface area (Å²) in [4.78, 5) is 11.5. The van der Waals surface area contributed by atoms with Gasteiger partial charge in [-0.2, -0.15) is 0 Å². The van der Waals surface area contributed by atoms with Crippen molar-refractivity contribution in [2.75, 3.05) is 25.5 Å². The number of nitrogens with zero attached hydrogens (tertiary/aromatic N) is 3. The van der Waals surface area contributed by atoms with Crippen molar-refractivity contribution in [1.82, 2.24) is 14.9 Å². The molecule has 0 aromatic carbocycles. The lowest BCUT2D eigenvalue weighted by molar-refractivity contribution is 0.263. The zero-order valence-corrected chi connectivity index (χ0v) is 13.9. The van der Waals surface area contributed by atoms with Gasteiger partial charge in [-0.25, -0.2) is 9.97 Å². The molecule has 1 fully saturated rings. The van der Waals surface area contributed by atoms with E-state index in [2.05, 4.69) is 43.0 Å². The quantitative estimate of drug-likeness (QED) is 0.851. The Hall–Kier alpha value is -0.870. The van der Waals surface area contributed by atoms with Crippen molar-refractivity contribution in [3.05, 3.63) is 16.5 Å². The molecule has 112 valence electrons. The predicted octanol–water partition coefficient (Wildman–Crippen LogP) is 3.24. The molecule has 1 aromatic rings. The minimum absolute atomic E-state index is 0.0967. The zero-order valence-electron chi connectivity index (χ0n) is 13.1. The number of anilines is 1. The zero-order chi connectivity index (χ0) is 14.9. The van der Waals surface area contributed by atoms with Gasteiger partial charge in [-0.1, -0.05) is 32.4 Å². The number of piperidine rings is 1. The Morgan fingerprint density at radius 1 is 1.20 bits per heavy atom.